The summed E-state index contributed by atoms with van der Waals surface area (Å²) >= 11 is 3.87. The largest absolute Gasteiger partial charge is 0.495 e. The number of nitrogens with one attached hydrogen (secondary N) is 1. The predicted octanol–water partition coefficient (Wildman–Crippen LogP) is 2.55. The van der Waals surface area contributed by atoms with Gasteiger partial charge in [0.15, 0.2) is 8.68 Å². The highest BCUT2D eigenvalue weighted by atomic mass is 32.2. The van der Waals surface area contributed by atoms with E-state index in [4.69, 9.17) is 10.5 Å². The predicted molar refractivity (Wildman–Crippen MR) is 102 cm³/mol. The van der Waals surface area contributed by atoms with Gasteiger partial charge in [-0.1, -0.05) is 40.9 Å². The molecule has 10 heteroatoms. The normalized spacial score (nSPS) is 11.8. The van der Waals surface area contributed by atoms with Crippen LogP contribution in [0.4, 0.5) is 5.69 Å². The zero-order chi connectivity index (χ0) is 18.4. The number of hydrogen-bond acceptors (Lipinski definition) is 8. The average molecular weight is 399 g/mol. The summed E-state index contributed by atoms with van der Waals surface area (Å²) in [6.07, 6.45) is 0. The molecule has 1 aromatic heterocycles. The van der Waals surface area contributed by atoms with Gasteiger partial charge in [0, 0.05) is 0 Å². The number of carbonyl (C=O) groups excluding carboxylic acids is 2. The SMILES string of the molecule is COc1ccc(C)cc1NC(=O)[C@H](C)Sc1nnc(SCC(N)=O)s1. The standard InChI is InChI=1S/C15H18N4O3S3/c1-8-4-5-11(22-3)10(6-8)17-13(21)9(2)24-15-19-18-14(25-15)23-7-12(16)20/h4-6,9H,7H2,1-3H3,(H2,16,20)(H,17,21)/t9-/m0/s1. The average Bonchev–Trinajstić information content (AvgIpc) is 3.00. The number of rotatable bonds is 8. The number of nitrogens with zero attached hydrogens (tertiary/aromatic N) is 2. The molecule has 2 aromatic rings. The lowest BCUT2D eigenvalue weighted by Gasteiger charge is -2.13. The van der Waals surface area contributed by atoms with Gasteiger partial charge in [-0.2, -0.15) is 0 Å². The van der Waals surface area contributed by atoms with E-state index in [-0.39, 0.29) is 16.9 Å². The van der Waals surface area contributed by atoms with Crippen molar-refractivity contribution in [3.8, 4) is 5.75 Å². The van der Waals surface area contributed by atoms with Gasteiger partial charge in [-0.05, 0) is 31.5 Å². The maximum atomic E-state index is 12.4. The molecule has 0 aliphatic heterocycles. The lowest BCUT2D eigenvalue weighted by atomic mass is 10.2. The van der Waals surface area contributed by atoms with Gasteiger partial charge in [0.2, 0.25) is 11.8 Å². The molecular formula is C15H18N4O3S3. The number of aryl methyl sites for hydroxylation is 1. The molecule has 2 rings (SSSR count). The Morgan fingerprint density at radius 2 is 2.08 bits per heavy atom. The van der Waals surface area contributed by atoms with Crippen molar-refractivity contribution < 1.29 is 14.3 Å². The first-order chi connectivity index (χ1) is 11.9. The minimum absolute atomic E-state index is 0.155. The second-order valence-electron chi connectivity index (χ2n) is 5.04. The number of methoxy groups -OCH3 is 1. The Morgan fingerprint density at radius 1 is 1.36 bits per heavy atom. The van der Waals surface area contributed by atoms with Crippen molar-refractivity contribution in [3.05, 3.63) is 23.8 Å². The molecule has 2 amide bonds. The third-order valence-corrected chi connectivity index (χ3v) is 6.25. The van der Waals surface area contributed by atoms with E-state index in [0.717, 1.165) is 5.56 Å². The number of hydrogen-bond donors (Lipinski definition) is 2. The van der Waals surface area contributed by atoms with Crippen molar-refractivity contribution in [3.63, 3.8) is 0 Å². The second-order valence-corrected chi connectivity index (χ2v) is 8.83. The van der Waals surface area contributed by atoms with Crippen LogP contribution >= 0.6 is 34.9 Å². The van der Waals surface area contributed by atoms with Gasteiger partial charge >= 0.3 is 0 Å². The summed E-state index contributed by atoms with van der Waals surface area (Å²) < 4.78 is 6.57. The molecule has 0 spiro atoms. The van der Waals surface area contributed by atoms with Gasteiger partial charge in [0.25, 0.3) is 0 Å². The molecule has 0 saturated heterocycles. The topological polar surface area (TPSA) is 107 Å². The Labute approximate surface area is 158 Å². The Balaban J connectivity index is 1.96. The molecule has 25 heavy (non-hydrogen) atoms. The summed E-state index contributed by atoms with van der Waals surface area (Å²) in [6.45, 7) is 3.74. The van der Waals surface area contributed by atoms with Gasteiger partial charge in [0.1, 0.15) is 5.75 Å². The van der Waals surface area contributed by atoms with Crippen LogP contribution in [0.2, 0.25) is 0 Å². The van der Waals surface area contributed by atoms with E-state index in [9.17, 15) is 9.59 Å². The van der Waals surface area contributed by atoms with Crippen molar-refractivity contribution in [2.75, 3.05) is 18.2 Å². The molecule has 0 bridgehead atoms. The molecule has 1 heterocycles. The van der Waals surface area contributed by atoms with Gasteiger partial charge in [-0.15, -0.1) is 10.2 Å². The van der Waals surface area contributed by atoms with Crippen molar-refractivity contribution in [2.45, 2.75) is 27.8 Å². The van der Waals surface area contributed by atoms with Crippen molar-refractivity contribution >= 4 is 52.4 Å². The molecule has 1 aromatic carbocycles. The number of anilines is 1. The molecule has 0 saturated carbocycles. The maximum absolute atomic E-state index is 12.4. The van der Waals surface area contributed by atoms with E-state index in [2.05, 4.69) is 15.5 Å². The zero-order valence-electron chi connectivity index (χ0n) is 13.9. The van der Waals surface area contributed by atoms with Crippen LogP contribution in [-0.4, -0.2) is 40.1 Å². The Bertz CT molecular complexity index is 766. The van der Waals surface area contributed by atoms with Crippen LogP contribution in [0.3, 0.4) is 0 Å². The van der Waals surface area contributed by atoms with E-state index in [0.29, 0.717) is 20.1 Å². The molecule has 3 N–H and O–H groups in total. The summed E-state index contributed by atoms with van der Waals surface area (Å²) in [7, 11) is 1.56. The Morgan fingerprint density at radius 3 is 2.76 bits per heavy atom. The first kappa shape index (κ1) is 19.5. The molecular weight excluding hydrogens is 380 g/mol. The van der Waals surface area contributed by atoms with Gasteiger partial charge < -0.3 is 15.8 Å². The number of primary amides is 1. The first-order valence-electron chi connectivity index (χ1n) is 7.25. The molecule has 0 aliphatic rings. The highest BCUT2D eigenvalue weighted by Crippen LogP contribution is 2.32. The number of nitrogens with two attached hydrogens (primary N) is 1. The first-order valence-corrected chi connectivity index (χ1v) is 9.94. The van der Waals surface area contributed by atoms with Crippen molar-refractivity contribution in [1.82, 2.24) is 10.2 Å². The molecule has 1 atom stereocenters. The van der Waals surface area contributed by atoms with E-state index in [1.165, 1.54) is 34.9 Å². The lowest BCUT2D eigenvalue weighted by Crippen LogP contribution is -2.22. The van der Waals surface area contributed by atoms with Crippen LogP contribution in [0.5, 0.6) is 5.75 Å². The third kappa shape index (κ3) is 5.91. The number of thioether (sulfide) groups is 2. The lowest BCUT2D eigenvalue weighted by molar-refractivity contribution is -0.116. The molecule has 0 radical (unpaired) electrons. The minimum atomic E-state index is -0.408. The fraction of sp³-hybridized carbons (Fsp3) is 0.333. The summed E-state index contributed by atoms with van der Waals surface area (Å²) in [5.74, 6) is 0.199. The molecule has 0 unspecified atom stereocenters. The minimum Gasteiger partial charge on any atom is -0.495 e. The fourth-order valence-electron chi connectivity index (χ4n) is 1.79. The molecule has 0 aliphatic carbocycles. The zero-order valence-corrected chi connectivity index (χ0v) is 16.4. The molecule has 0 fully saturated rings. The maximum Gasteiger partial charge on any atom is 0.237 e. The van der Waals surface area contributed by atoms with Crippen molar-refractivity contribution in [2.24, 2.45) is 5.73 Å². The summed E-state index contributed by atoms with van der Waals surface area (Å²) in [5.41, 5.74) is 6.76. The Kier molecular flexibility index (Phi) is 7.09. The fourth-order valence-corrected chi connectivity index (χ4v) is 4.70. The molecule has 134 valence electrons. The number of aromatic nitrogens is 2. The van der Waals surface area contributed by atoms with Gasteiger partial charge in [0.05, 0.1) is 23.8 Å². The van der Waals surface area contributed by atoms with E-state index in [1.54, 1.807) is 14.0 Å². The Hall–Kier alpha value is -1.78. The summed E-state index contributed by atoms with van der Waals surface area (Å²) in [4.78, 5) is 23.2. The van der Waals surface area contributed by atoms with Gasteiger partial charge in [-0.25, -0.2) is 0 Å². The highest BCUT2D eigenvalue weighted by Gasteiger charge is 2.19. The smallest absolute Gasteiger partial charge is 0.237 e. The van der Waals surface area contributed by atoms with Crippen LogP contribution in [0.15, 0.2) is 26.9 Å². The molecule has 7 nitrogen and oxygen atoms in total. The summed E-state index contributed by atoms with van der Waals surface area (Å²) in [6, 6.07) is 5.59. The van der Waals surface area contributed by atoms with E-state index >= 15 is 0 Å². The van der Waals surface area contributed by atoms with Crippen molar-refractivity contribution in [1.29, 1.82) is 0 Å². The van der Waals surface area contributed by atoms with E-state index < -0.39 is 5.91 Å². The van der Waals surface area contributed by atoms with Crippen LogP contribution in [-0.2, 0) is 9.59 Å². The number of amides is 2. The highest BCUT2D eigenvalue weighted by molar-refractivity contribution is 8.04. The number of carbonyl (C=O) groups is 2. The number of ether oxygens (including phenoxy) is 1. The second kappa shape index (κ2) is 9.07. The third-order valence-electron chi connectivity index (χ3n) is 2.99. The van der Waals surface area contributed by atoms with E-state index in [1.807, 2.05) is 25.1 Å². The van der Waals surface area contributed by atoms with Gasteiger partial charge in [-0.3, -0.25) is 9.59 Å². The van der Waals surface area contributed by atoms with Crippen LogP contribution in [0, 0.1) is 6.92 Å². The van der Waals surface area contributed by atoms with Crippen LogP contribution < -0.4 is 15.8 Å². The van der Waals surface area contributed by atoms with Crippen LogP contribution in [0.25, 0.3) is 0 Å². The quantitative estimate of drug-likeness (QED) is 0.658. The summed E-state index contributed by atoms with van der Waals surface area (Å²) in [5, 5.41) is 10.5. The number of benzene rings is 1. The van der Waals surface area contributed by atoms with Crippen LogP contribution in [0.1, 0.15) is 12.5 Å². The monoisotopic (exact) mass is 398 g/mol.